The lowest BCUT2D eigenvalue weighted by molar-refractivity contribution is 0.0596. The second-order valence-electron chi connectivity index (χ2n) is 2.20. The van der Waals surface area contributed by atoms with E-state index in [4.69, 9.17) is 7.85 Å². The Morgan fingerprint density at radius 3 is 2.83 bits per heavy atom. The smallest absolute Gasteiger partial charge is 0.340 e. The molecule has 4 heteroatoms. The van der Waals surface area contributed by atoms with E-state index in [0.29, 0.717) is 0 Å². The lowest BCUT2D eigenvalue weighted by Crippen LogP contribution is -2.15. The molecule has 60 valence electrons. The van der Waals surface area contributed by atoms with Crippen LogP contribution >= 0.6 is 0 Å². The number of methoxy groups -OCH3 is 1. The molecule has 2 radical (unpaired) electrons. The Labute approximate surface area is 70.8 Å². The van der Waals surface area contributed by atoms with Gasteiger partial charge in [0, 0.05) is 0 Å². The van der Waals surface area contributed by atoms with E-state index < -0.39 is 11.8 Å². The summed E-state index contributed by atoms with van der Waals surface area (Å²) in [5.74, 6) is -1.45. The van der Waals surface area contributed by atoms with Gasteiger partial charge in [0.15, 0.2) is 0 Å². The first-order valence-electron chi connectivity index (χ1n) is 3.29. The van der Waals surface area contributed by atoms with Gasteiger partial charge in [-0.05, 0) is 6.07 Å². The molecule has 0 atom stereocenters. The molecule has 0 saturated carbocycles. The maximum Gasteiger partial charge on any atom is 0.340 e. The second-order valence-corrected chi connectivity index (χ2v) is 2.20. The van der Waals surface area contributed by atoms with Crippen LogP contribution in [0.25, 0.3) is 0 Å². The summed E-state index contributed by atoms with van der Waals surface area (Å²) in [6.07, 6.45) is 0. The number of halogens is 1. The summed E-state index contributed by atoms with van der Waals surface area (Å²) < 4.78 is 17.4. The minimum Gasteiger partial charge on any atom is -0.465 e. The maximum absolute atomic E-state index is 13.0. The highest BCUT2D eigenvalue weighted by Gasteiger charge is 2.11. The SMILES string of the molecule is [B]c1cccc(C(=O)OC)c1F. The van der Waals surface area contributed by atoms with Crippen molar-refractivity contribution < 1.29 is 13.9 Å². The number of hydrogen-bond donors (Lipinski definition) is 0. The molecule has 0 spiro atoms. The summed E-state index contributed by atoms with van der Waals surface area (Å²) in [6.45, 7) is 0. The van der Waals surface area contributed by atoms with Gasteiger partial charge in [-0.3, -0.25) is 0 Å². The third-order valence-corrected chi connectivity index (χ3v) is 1.43. The first-order chi connectivity index (χ1) is 5.66. The monoisotopic (exact) mass is 164 g/mol. The van der Waals surface area contributed by atoms with Crippen LogP contribution in [0.4, 0.5) is 4.39 Å². The molecule has 2 nitrogen and oxygen atoms in total. The molecular formula is C8H6BFO2. The molecule has 1 aromatic rings. The van der Waals surface area contributed by atoms with Gasteiger partial charge in [-0.1, -0.05) is 17.6 Å². The molecule has 1 aromatic carbocycles. The summed E-state index contributed by atoms with van der Waals surface area (Å²) in [5.41, 5.74) is -0.199. The largest absolute Gasteiger partial charge is 0.465 e. The topological polar surface area (TPSA) is 26.3 Å². The lowest BCUT2D eigenvalue weighted by atomic mass is 9.93. The molecule has 0 fully saturated rings. The highest BCUT2D eigenvalue weighted by atomic mass is 19.1. The van der Waals surface area contributed by atoms with Gasteiger partial charge in [-0.2, -0.15) is 0 Å². The predicted octanol–water partition coefficient (Wildman–Crippen LogP) is 0.406. The Balaban J connectivity index is 3.16. The van der Waals surface area contributed by atoms with Crippen LogP contribution in [0.15, 0.2) is 18.2 Å². The summed E-state index contributed by atoms with van der Waals surface area (Å²) >= 11 is 0. The van der Waals surface area contributed by atoms with Gasteiger partial charge in [0.1, 0.15) is 13.7 Å². The standard InChI is InChI=1S/C8H6BFO2/c1-12-8(11)5-3-2-4-6(9)7(5)10/h2-4H,1H3. The molecule has 0 unspecified atom stereocenters. The van der Waals surface area contributed by atoms with Gasteiger partial charge in [-0.25, -0.2) is 9.18 Å². The zero-order chi connectivity index (χ0) is 9.14. The minimum atomic E-state index is -0.732. The molecule has 0 aromatic heterocycles. The van der Waals surface area contributed by atoms with Crippen LogP contribution in [-0.2, 0) is 4.74 Å². The maximum atomic E-state index is 13.0. The Bertz CT molecular complexity index is 312. The van der Waals surface area contributed by atoms with Crippen LogP contribution < -0.4 is 5.46 Å². The number of carbonyl (C=O) groups is 1. The highest BCUT2D eigenvalue weighted by Crippen LogP contribution is 2.04. The number of carbonyl (C=O) groups excluding carboxylic acids is 1. The lowest BCUT2D eigenvalue weighted by Gasteiger charge is -2.02. The normalized spacial score (nSPS) is 9.50. The second kappa shape index (κ2) is 3.39. The van der Waals surface area contributed by atoms with E-state index in [0.717, 1.165) is 0 Å². The van der Waals surface area contributed by atoms with Crippen molar-refractivity contribution in [2.75, 3.05) is 7.11 Å². The van der Waals surface area contributed by atoms with Crippen molar-refractivity contribution in [3.05, 3.63) is 29.6 Å². The van der Waals surface area contributed by atoms with E-state index in [1.807, 2.05) is 0 Å². The molecular weight excluding hydrogens is 158 g/mol. The quantitative estimate of drug-likeness (QED) is 0.443. The average Bonchev–Trinajstić information content (AvgIpc) is 2.08. The van der Waals surface area contributed by atoms with Crippen molar-refractivity contribution >= 4 is 19.3 Å². The van der Waals surface area contributed by atoms with E-state index in [9.17, 15) is 9.18 Å². The van der Waals surface area contributed by atoms with Crippen LogP contribution in [0.3, 0.4) is 0 Å². The van der Waals surface area contributed by atoms with Gasteiger partial charge in [0.2, 0.25) is 0 Å². The molecule has 0 bridgehead atoms. The first kappa shape index (κ1) is 8.78. The molecule has 0 aliphatic heterocycles. The first-order valence-corrected chi connectivity index (χ1v) is 3.29. The Morgan fingerprint density at radius 2 is 2.25 bits per heavy atom. The summed E-state index contributed by atoms with van der Waals surface area (Å²) in [5, 5.41) is 0. The molecule has 12 heavy (non-hydrogen) atoms. The zero-order valence-electron chi connectivity index (χ0n) is 6.50. The van der Waals surface area contributed by atoms with Crippen molar-refractivity contribution in [3.63, 3.8) is 0 Å². The van der Waals surface area contributed by atoms with E-state index in [1.54, 1.807) is 0 Å². The Hall–Kier alpha value is -1.32. The number of benzene rings is 1. The number of esters is 1. The van der Waals surface area contributed by atoms with E-state index in [-0.39, 0.29) is 11.0 Å². The summed E-state index contributed by atoms with van der Waals surface area (Å²) in [6, 6.07) is 4.18. The van der Waals surface area contributed by atoms with Crippen LogP contribution in [0.1, 0.15) is 10.4 Å². The van der Waals surface area contributed by atoms with Gasteiger partial charge >= 0.3 is 5.97 Å². The Morgan fingerprint density at radius 1 is 1.58 bits per heavy atom. The molecule has 1 rings (SSSR count). The van der Waals surface area contributed by atoms with Crippen LogP contribution in [0.5, 0.6) is 0 Å². The number of hydrogen-bond acceptors (Lipinski definition) is 2. The van der Waals surface area contributed by atoms with Crippen LogP contribution in [0, 0.1) is 5.82 Å². The molecule has 0 aliphatic carbocycles. The van der Waals surface area contributed by atoms with Crippen LogP contribution in [0.2, 0.25) is 0 Å². The van der Waals surface area contributed by atoms with Crippen molar-refractivity contribution in [3.8, 4) is 0 Å². The highest BCUT2D eigenvalue weighted by molar-refractivity contribution is 6.32. The fraction of sp³-hybridized carbons (Fsp3) is 0.125. The van der Waals surface area contributed by atoms with Gasteiger partial charge < -0.3 is 4.74 Å². The van der Waals surface area contributed by atoms with Crippen molar-refractivity contribution in [2.45, 2.75) is 0 Å². The van der Waals surface area contributed by atoms with Gasteiger partial charge in [0.25, 0.3) is 0 Å². The molecule has 0 amide bonds. The van der Waals surface area contributed by atoms with Gasteiger partial charge in [-0.15, -0.1) is 0 Å². The number of rotatable bonds is 1. The molecule has 0 aliphatic rings. The molecule has 0 N–H and O–H groups in total. The van der Waals surface area contributed by atoms with E-state index >= 15 is 0 Å². The fourth-order valence-corrected chi connectivity index (χ4v) is 0.817. The van der Waals surface area contributed by atoms with Gasteiger partial charge in [0.05, 0.1) is 12.7 Å². The van der Waals surface area contributed by atoms with Crippen molar-refractivity contribution in [1.82, 2.24) is 0 Å². The molecule has 0 heterocycles. The Kier molecular flexibility index (Phi) is 2.48. The zero-order valence-corrected chi connectivity index (χ0v) is 6.50. The molecule has 0 saturated heterocycles. The van der Waals surface area contributed by atoms with Crippen molar-refractivity contribution in [2.24, 2.45) is 0 Å². The summed E-state index contributed by atoms with van der Waals surface area (Å²) in [4.78, 5) is 10.9. The minimum absolute atomic E-state index is 0.0575. The van der Waals surface area contributed by atoms with Crippen molar-refractivity contribution in [1.29, 1.82) is 0 Å². The average molecular weight is 164 g/mol. The fourth-order valence-electron chi connectivity index (χ4n) is 0.817. The third kappa shape index (κ3) is 1.47. The van der Waals surface area contributed by atoms with E-state index in [1.165, 1.54) is 25.3 Å². The summed E-state index contributed by atoms with van der Waals surface area (Å²) in [7, 11) is 6.42. The van der Waals surface area contributed by atoms with E-state index in [2.05, 4.69) is 4.74 Å². The third-order valence-electron chi connectivity index (χ3n) is 1.43. The number of ether oxygens (including phenoxy) is 1. The predicted molar refractivity (Wildman–Crippen MR) is 43.1 cm³/mol. The van der Waals surface area contributed by atoms with Crippen LogP contribution in [-0.4, -0.2) is 20.9 Å².